The van der Waals surface area contributed by atoms with Gasteiger partial charge in [0, 0.05) is 11.6 Å². The van der Waals surface area contributed by atoms with Gasteiger partial charge < -0.3 is 9.72 Å². The van der Waals surface area contributed by atoms with Crippen molar-refractivity contribution in [2.45, 2.75) is 27.2 Å². The molecule has 1 aromatic heterocycles. The first-order valence-corrected chi connectivity index (χ1v) is 7.88. The summed E-state index contributed by atoms with van der Waals surface area (Å²) in [6.07, 6.45) is 0.793. The molecule has 2 aromatic carbocycles. The van der Waals surface area contributed by atoms with E-state index in [-0.39, 0.29) is 11.4 Å². The number of hydrogen-bond donors (Lipinski definition) is 1. The molecule has 6 heteroatoms. The van der Waals surface area contributed by atoms with Gasteiger partial charge in [-0.15, -0.1) is 0 Å². The lowest BCUT2D eigenvalue weighted by Crippen LogP contribution is -1.99. The molecule has 124 valence electrons. The third kappa shape index (κ3) is 2.95. The zero-order chi connectivity index (χ0) is 17.3. The monoisotopic (exact) mass is 325 g/mol. The number of fused-ring (bicyclic) bond motifs is 1. The molecule has 1 heterocycles. The van der Waals surface area contributed by atoms with Crippen molar-refractivity contribution in [1.29, 1.82) is 0 Å². The number of aromatic nitrogens is 2. The Bertz CT molecular complexity index is 876. The first kappa shape index (κ1) is 16.0. The number of nitrogens with zero attached hydrogens (tertiary/aromatic N) is 2. The zero-order valence-corrected chi connectivity index (χ0v) is 13.9. The quantitative estimate of drug-likeness (QED) is 0.551. The van der Waals surface area contributed by atoms with Gasteiger partial charge in [-0.05, 0) is 55.7 Å². The van der Waals surface area contributed by atoms with Gasteiger partial charge in [0.05, 0.1) is 22.6 Å². The molecule has 0 saturated heterocycles. The number of rotatable bonds is 5. The maximum Gasteiger partial charge on any atom is 0.311 e. The minimum atomic E-state index is -0.425. The van der Waals surface area contributed by atoms with Crippen molar-refractivity contribution in [2.24, 2.45) is 0 Å². The SMILES string of the molecule is CCCOc1ccc(-c2nc3cc(C)c(C)cc3[nH]2)cc1[N+](=O)[O-]. The van der Waals surface area contributed by atoms with E-state index in [4.69, 9.17) is 4.74 Å². The van der Waals surface area contributed by atoms with Gasteiger partial charge in [0.15, 0.2) is 5.75 Å². The lowest BCUT2D eigenvalue weighted by Gasteiger charge is -2.06. The van der Waals surface area contributed by atoms with E-state index in [0.29, 0.717) is 18.0 Å². The number of aromatic amines is 1. The van der Waals surface area contributed by atoms with E-state index in [1.165, 1.54) is 11.6 Å². The van der Waals surface area contributed by atoms with Gasteiger partial charge in [-0.3, -0.25) is 10.1 Å². The number of ether oxygens (including phenoxy) is 1. The van der Waals surface area contributed by atoms with Crippen LogP contribution < -0.4 is 4.74 Å². The summed E-state index contributed by atoms with van der Waals surface area (Å²) >= 11 is 0. The van der Waals surface area contributed by atoms with Gasteiger partial charge in [0.1, 0.15) is 5.82 Å². The smallest absolute Gasteiger partial charge is 0.311 e. The second-order valence-electron chi connectivity index (χ2n) is 5.83. The van der Waals surface area contributed by atoms with Crippen molar-refractivity contribution >= 4 is 16.7 Å². The molecule has 0 radical (unpaired) electrons. The standard InChI is InChI=1S/C18H19N3O3/c1-4-7-24-17-6-5-13(10-16(17)21(22)23)18-19-14-8-11(2)12(3)9-15(14)20-18/h5-6,8-10H,4,7H2,1-3H3,(H,19,20). The highest BCUT2D eigenvalue weighted by Gasteiger charge is 2.18. The molecule has 24 heavy (non-hydrogen) atoms. The minimum Gasteiger partial charge on any atom is -0.487 e. The predicted octanol–water partition coefficient (Wildman–Crippen LogP) is 4.54. The Morgan fingerprint density at radius 2 is 1.96 bits per heavy atom. The van der Waals surface area contributed by atoms with E-state index >= 15 is 0 Å². The summed E-state index contributed by atoms with van der Waals surface area (Å²) in [6.45, 7) is 6.48. The molecule has 0 aliphatic heterocycles. The van der Waals surface area contributed by atoms with Crippen molar-refractivity contribution in [2.75, 3.05) is 6.61 Å². The highest BCUT2D eigenvalue weighted by molar-refractivity contribution is 5.81. The zero-order valence-electron chi connectivity index (χ0n) is 13.9. The number of benzene rings is 2. The van der Waals surface area contributed by atoms with Crippen molar-refractivity contribution < 1.29 is 9.66 Å². The fourth-order valence-electron chi connectivity index (χ4n) is 2.55. The summed E-state index contributed by atoms with van der Waals surface area (Å²) in [4.78, 5) is 18.7. The Morgan fingerprint density at radius 1 is 1.21 bits per heavy atom. The van der Waals surface area contributed by atoms with Gasteiger partial charge in [-0.2, -0.15) is 0 Å². The van der Waals surface area contributed by atoms with Crippen LogP contribution in [0.2, 0.25) is 0 Å². The highest BCUT2D eigenvalue weighted by atomic mass is 16.6. The molecule has 0 fully saturated rings. The Balaban J connectivity index is 2.05. The van der Waals surface area contributed by atoms with E-state index < -0.39 is 4.92 Å². The van der Waals surface area contributed by atoms with Crippen molar-refractivity contribution in [1.82, 2.24) is 9.97 Å². The number of aryl methyl sites for hydroxylation is 2. The van der Waals surface area contributed by atoms with Crippen LogP contribution in [0.15, 0.2) is 30.3 Å². The Morgan fingerprint density at radius 3 is 2.67 bits per heavy atom. The third-order valence-corrected chi connectivity index (χ3v) is 3.99. The molecule has 0 bridgehead atoms. The van der Waals surface area contributed by atoms with Crippen LogP contribution in [-0.4, -0.2) is 21.5 Å². The summed E-state index contributed by atoms with van der Waals surface area (Å²) < 4.78 is 5.46. The lowest BCUT2D eigenvalue weighted by molar-refractivity contribution is -0.385. The molecular formula is C18H19N3O3. The fourth-order valence-corrected chi connectivity index (χ4v) is 2.55. The van der Waals surface area contributed by atoms with Crippen molar-refractivity contribution in [3.05, 3.63) is 51.6 Å². The topological polar surface area (TPSA) is 81.0 Å². The van der Waals surface area contributed by atoms with Gasteiger partial charge in [0.25, 0.3) is 0 Å². The van der Waals surface area contributed by atoms with E-state index in [1.54, 1.807) is 12.1 Å². The lowest BCUT2D eigenvalue weighted by atomic mass is 10.1. The second-order valence-corrected chi connectivity index (χ2v) is 5.83. The van der Waals surface area contributed by atoms with Gasteiger partial charge >= 0.3 is 5.69 Å². The number of H-pyrrole nitrogens is 1. The molecule has 0 aliphatic rings. The van der Waals surface area contributed by atoms with Gasteiger partial charge in [-0.1, -0.05) is 6.92 Å². The Labute approximate surface area is 139 Å². The number of nitro benzene ring substituents is 1. The van der Waals surface area contributed by atoms with Crippen molar-refractivity contribution in [3.63, 3.8) is 0 Å². The van der Waals surface area contributed by atoms with Crippen LogP contribution >= 0.6 is 0 Å². The first-order chi connectivity index (χ1) is 11.5. The molecule has 0 aliphatic carbocycles. The molecule has 3 rings (SSSR count). The summed E-state index contributed by atoms with van der Waals surface area (Å²) in [5.41, 5.74) is 4.72. The summed E-state index contributed by atoms with van der Waals surface area (Å²) in [7, 11) is 0. The van der Waals surface area contributed by atoms with Gasteiger partial charge in [0.2, 0.25) is 0 Å². The maximum atomic E-state index is 11.3. The van der Waals surface area contributed by atoms with E-state index in [9.17, 15) is 10.1 Å². The van der Waals surface area contributed by atoms with Gasteiger partial charge in [-0.25, -0.2) is 4.98 Å². The van der Waals surface area contributed by atoms with E-state index in [0.717, 1.165) is 23.0 Å². The van der Waals surface area contributed by atoms with Crippen LogP contribution in [0.5, 0.6) is 5.75 Å². The number of hydrogen-bond acceptors (Lipinski definition) is 4. The van der Waals surface area contributed by atoms with E-state index in [1.807, 2.05) is 32.9 Å². The van der Waals surface area contributed by atoms with Crippen LogP contribution in [0.4, 0.5) is 5.69 Å². The molecule has 0 atom stereocenters. The largest absolute Gasteiger partial charge is 0.487 e. The van der Waals surface area contributed by atoms with Crippen LogP contribution in [0.25, 0.3) is 22.4 Å². The molecule has 3 aromatic rings. The maximum absolute atomic E-state index is 11.3. The van der Waals surface area contributed by atoms with Crippen LogP contribution in [-0.2, 0) is 0 Å². The average molecular weight is 325 g/mol. The molecule has 1 N–H and O–H groups in total. The number of imidazole rings is 1. The molecule has 6 nitrogen and oxygen atoms in total. The molecular weight excluding hydrogens is 306 g/mol. The number of nitro groups is 1. The van der Waals surface area contributed by atoms with Crippen molar-refractivity contribution in [3.8, 4) is 17.1 Å². The molecule has 0 spiro atoms. The van der Waals surface area contributed by atoms with Crippen LogP contribution in [0.1, 0.15) is 24.5 Å². The molecule has 0 amide bonds. The molecule has 0 saturated carbocycles. The second kappa shape index (κ2) is 6.31. The third-order valence-electron chi connectivity index (χ3n) is 3.99. The summed E-state index contributed by atoms with van der Waals surface area (Å²) in [5.74, 6) is 0.897. The Hall–Kier alpha value is -2.89. The van der Waals surface area contributed by atoms with E-state index in [2.05, 4.69) is 9.97 Å². The Kier molecular flexibility index (Phi) is 4.20. The normalized spacial score (nSPS) is 11.0. The van der Waals surface area contributed by atoms with Crippen LogP contribution in [0, 0.1) is 24.0 Å². The fraction of sp³-hybridized carbons (Fsp3) is 0.278. The number of nitrogens with one attached hydrogen (secondary N) is 1. The van der Waals surface area contributed by atoms with Crippen LogP contribution in [0.3, 0.4) is 0 Å². The minimum absolute atomic E-state index is 0.0474. The predicted molar refractivity (Wildman–Crippen MR) is 93.4 cm³/mol. The summed E-state index contributed by atoms with van der Waals surface area (Å²) in [5, 5.41) is 11.3. The first-order valence-electron chi connectivity index (χ1n) is 7.88. The molecule has 0 unspecified atom stereocenters. The average Bonchev–Trinajstić information content (AvgIpc) is 2.95. The summed E-state index contributed by atoms with van der Waals surface area (Å²) in [6, 6.07) is 8.97. The highest BCUT2D eigenvalue weighted by Crippen LogP contribution is 2.32.